The number of hydrogen-bond donors (Lipinski definition) is 1. The molecule has 3 heterocycles. The van der Waals surface area contributed by atoms with Gasteiger partial charge in [-0.1, -0.05) is 0 Å². The van der Waals surface area contributed by atoms with E-state index in [0.717, 1.165) is 4.88 Å². The molecule has 3 aromatic heterocycles. The average Bonchev–Trinajstić information content (AvgIpc) is 3.06. The summed E-state index contributed by atoms with van der Waals surface area (Å²) in [4.78, 5) is 29.9. The number of nitrogens with one attached hydrogen (secondary N) is 1. The minimum Gasteiger partial charge on any atom is -0.462 e. The smallest absolute Gasteiger partial charge is 0.341 e. The van der Waals surface area contributed by atoms with Crippen molar-refractivity contribution in [2.75, 3.05) is 11.9 Å². The molecule has 8 heteroatoms. The molecule has 0 aliphatic heterocycles. The van der Waals surface area contributed by atoms with Gasteiger partial charge in [-0.15, -0.1) is 11.3 Å². The summed E-state index contributed by atoms with van der Waals surface area (Å²) in [7, 11) is 0. The molecule has 0 radical (unpaired) electrons. The first-order chi connectivity index (χ1) is 11.9. The summed E-state index contributed by atoms with van der Waals surface area (Å²) in [6.07, 6.45) is 1.20. The molecule has 0 aromatic carbocycles. The number of carbonyl (C=O) groups excluding carboxylic acids is 2. The molecule has 1 amide bonds. The number of aromatic nitrogens is 2. The first-order valence-corrected chi connectivity index (χ1v) is 8.45. The molecule has 0 saturated heterocycles. The number of ether oxygens (including phenoxy) is 1. The monoisotopic (exact) mass is 361 g/mol. The van der Waals surface area contributed by atoms with E-state index in [4.69, 9.17) is 4.74 Å². The first-order valence-electron chi connectivity index (χ1n) is 7.63. The number of aryl methyl sites for hydroxylation is 2. The SMILES string of the molecule is CCOC(=O)c1cc(C)sc1NC(=O)c1c(C)nc2ccc(F)cn12. The standard InChI is InChI=1S/C17H16FN3O3S/c1-4-24-17(23)12-7-9(2)25-16(12)20-15(22)14-10(3)19-13-6-5-11(18)8-21(13)14/h5-8H,4H2,1-3H3,(H,20,22). The fourth-order valence-corrected chi connectivity index (χ4v) is 3.43. The predicted octanol–water partition coefficient (Wildman–Crippen LogP) is 3.58. The van der Waals surface area contributed by atoms with Crippen LogP contribution in [0.4, 0.5) is 9.39 Å². The summed E-state index contributed by atoms with van der Waals surface area (Å²) in [5.74, 6) is -1.44. The summed E-state index contributed by atoms with van der Waals surface area (Å²) >= 11 is 1.27. The van der Waals surface area contributed by atoms with Crippen molar-refractivity contribution in [3.05, 3.63) is 52.0 Å². The van der Waals surface area contributed by atoms with Gasteiger partial charge in [0.2, 0.25) is 0 Å². The van der Waals surface area contributed by atoms with Crippen molar-refractivity contribution in [2.45, 2.75) is 20.8 Å². The largest absolute Gasteiger partial charge is 0.462 e. The van der Waals surface area contributed by atoms with Crippen molar-refractivity contribution in [1.82, 2.24) is 9.38 Å². The first kappa shape index (κ1) is 17.1. The summed E-state index contributed by atoms with van der Waals surface area (Å²) in [6.45, 7) is 5.46. The van der Waals surface area contributed by atoms with Crippen molar-refractivity contribution in [3.63, 3.8) is 0 Å². The molecule has 0 aliphatic carbocycles. The summed E-state index contributed by atoms with van der Waals surface area (Å²) in [5, 5.41) is 3.12. The lowest BCUT2D eigenvalue weighted by molar-refractivity contribution is 0.0528. The molecule has 0 fully saturated rings. The second-order valence-corrected chi connectivity index (χ2v) is 6.65. The van der Waals surface area contributed by atoms with E-state index in [0.29, 0.717) is 21.9 Å². The Morgan fingerprint density at radius 3 is 2.84 bits per heavy atom. The van der Waals surface area contributed by atoms with E-state index >= 15 is 0 Å². The van der Waals surface area contributed by atoms with Gasteiger partial charge in [-0.2, -0.15) is 0 Å². The van der Waals surface area contributed by atoms with Crippen LogP contribution in [-0.2, 0) is 4.74 Å². The average molecular weight is 361 g/mol. The Labute approximate surface area is 147 Å². The molecule has 6 nitrogen and oxygen atoms in total. The second kappa shape index (κ2) is 6.64. The maximum atomic E-state index is 13.5. The van der Waals surface area contributed by atoms with Crippen LogP contribution in [-0.4, -0.2) is 27.9 Å². The van der Waals surface area contributed by atoms with Crippen LogP contribution in [0.3, 0.4) is 0 Å². The van der Waals surface area contributed by atoms with Crippen molar-refractivity contribution in [3.8, 4) is 0 Å². The highest BCUT2D eigenvalue weighted by molar-refractivity contribution is 7.16. The van der Waals surface area contributed by atoms with Crippen molar-refractivity contribution in [2.24, 2.45) is 0 Å². The van der Waals surface area contributed by atoms with E-state index in [-0.39, 0.29) is 12.3 Å². The quantitative estimate of drug-likeness (QED) is 0.721. The number of nitrogens with zero attached hydrogens (tertiary/aromatic N) is 2. The number of halogens is 1. The third kappa shape index (κ3) is 3.25. The van der Waals surface area contributed by atoms with E-state index in [1.54, 1.807) is 19.9 Å². The molecule has 130 valence electrons. The lowest BCUT2D eigenvalue weighted by Gasteiger charge is -2.07. The van der Waals surface area contributed by atoms with Crippen LogP contribution in [0.5, 0.6) is 0 Å². The number of anilines is 1. The Morgan fingerprint density at radius 1 is 1.36 bits per heavy atom. The van der Waals surface area contributed by atoms with Gasteiger partial charge in [-0.25, -0.2) is 14.2 Å². The van der Waals surface area contributed by atoms with Crippen LogP contribution in [0.25, 0.3) is 5.65 Å². The molecule has 0 saturated carbocycles. The third-order valence-corrected chi connectivity index (χ3v) is 4.52. The zero-order chi connectivity index (χ0) is 18.1. The van der Waals surface area contributed by atoms with Crippen LogP contribution >= 0.6 is 11.3 Å². The number of rotatable bonds is 4. The fourth-order valence-electron chi connectivity index (χ4n) is 2.54. The van der Waals surface area contributed by atoms with Gasteiger partial charge in [0, 0.05) is 11.1 Å². The topological polar surface area (TPSA) is 72.7 Å². The summed E-state index contributed by atoms with van der Waals surface area (Å²) in [6, 6.07) is 4.45. The molecular weight excluding hydrogens is 345 g/mol. The molecule has 1 N–H and O–H groups in total. The van der Waals surface area contributed by atoms with Crippen molar-refractivity contribution >= 4 is 33.9 Å². The number of thiophene rings is 1. The lowest BCUT2D eigenvalue weighted by atomic mass is 10.2. The van der Waals surface area contributed by atoms with Gasteiger partial charge in [0.05, 0.1) is 17.9 Å². The normalized spacial score (nSPS) is 10.9. The number of imidazole rings is 1. The zero-order valence-corrected chi connectivity index (χ0v) is 14.7. The summed E-state index contributed by atoms with van der Waals surface area (Å²) < 4.78 is 19.9. The van der Waals surface area contributed by atoms with Crippen LogP contribution in [0, 0.1) is 19.7 Å². The molecule has 0 atom stereocenters. The summed E-state index contributed by atoms with van der Waals surface area (Å²) in [5.41, 5.74) is 1.46. The Bertz CT molecular complexity index is 977. The Kier molecular flexibility index (Phi) is 4.54. The van der Waals surface area contributed by atoms with Gasteiger partial charge in [-0.05, 0) is 39.0 Å². The highest BCUT2D eigenvalue weighted by Gasteiger charge is 2.22. The number of carbonyl (C=O) groups is 2. The Balaban J connectivity index is 1.98. The van der Waals surface area contributed by atoms with Crippen molar-refractivity contribution in [1.29, 1.82) is 0 Å². The van der Waals surface area contributed by atoms with Crippen LogP contribution in [0.1, 0.15) is 38.3 Å². The van der Waals surface area contributed by atoms with Crippen molar-refractivity contribution < 1.29 is 18.7 Å². The fraction of sp³-hybridized carbons (Fsp3) is 0.235. The third-order valence-electron chi connectivity index (χ3n) is 3.55. The molecule has 0 unspecified atom stereocenters. The Hall–Kier alpha value is -2.74. The zero-order valence-electron chi connectivity index (χ0n) is 13.9. The van der Waals surface area contributed by atoms with Crippen LogP contribution in [0.15, 0.2) is 24.4 Å². The van der Waals surface area contributed by atoms with Gasteiger partial charge < -0.3 is 10.1 Å². The minimum absolute atomic E-state index is 0.218. The van der Waals surface area contributed by atoms with Gasteiger partial charge >= 0.3 is 5.97 Å². The Morgan fingerprint density at radius 2 is 2.12 bits per heavy atom. The molecule has 0 aliphatic rings. The molecule has 0 spiro atoms. The molecule has 0 bridgehead atoms. The second-order valence-electron chi connectivity index (χ2n) is 5.40. The van der Waals surface area contributed by atoms with E-state index in [1.807, 2.05) is 6.92 Å². The highest BCUT2D eigenvalue weighted by Crippen LogP contribution is 2.29. The highest BCUT2D eigenvalue weighted by atomic mass is 32.1. The maximum absolute atomic E-state index is 13.5. The maximum Gasteiger partial charge on any atom is 0.341 e. The number of fused-ring (bicyclic) bond motifs is 1. The molecule has 3 aromatic rings. The number of esters is 1. The number of hydrogen-bond acceptors (Lipinski definition) is 5. The van der Waals surface area contributed by atoms with Gasteiger partial charge in [0.25, 0.3) is 5.91 Å². The van der Waals surface area contributed by atoms with E-state index < -0.39 is 17.7 Å². The lowest BCUT2D eigenvalue weighted by Crippen LogP contribution is -2.17. The van der Waals surface area contributed by atoms with Gasteiger partial charge in [0.1, 0.15) is 22.2 Å². The van der Waals surface area contributed by atoms with Crippen LogP contribution < -0.4 is 5.32 Å². The minimum atomic E-state index is -0.497. The van der Waals surface area contributed by atoms with Gasteiger partial charge in [0.15, 0.2) is 0 Å². The molecular formula is C17H16FN3O3S. The van der Waals surface area contributed by atoms with E-state index in [2.05, 4.69) is 10.3 Å². The number of amides is 1. The predicted molar refractivity (Wildman–Crippen MR) is 92.9 cm³/mol. The van der Waals surface area contributed by atoms with Gasteiger partial charge in [-0.3, -0.25) is 9.20 Å². The molecule has 3 rings (SSSR count). The van der Waals surface area contributed by atoms with Crippen LogP contribution in [0.2, 0.25) is 0 Å². The number of pyridine rings is 1. The molecule has 25 heavy (non-hydrogen) atoms. The van der Waals surface area contributed by atoms with E-state index in [1.165, 1.54) is 34.1 Å². The van der Waals surface area contributed by atoms with E-state index in [9.17, 15) is 14.0 Å².